The molecule has 17 heavy (non-hydrogen) atoms. The highest BCUT2D eigenvalue weighted by molar-refractivity contribution is 5.96. The molecular weight excluding hydrogens is 222 g/mol. The molecule has 0 aliphatic rings. The molecule has 0 saturated heterocycles. The van der Waals surface area contributed by atoms with E-state index in [0.29, 0.717) is 23.2 Å². The third-order valence-corrected chi connectivity index (χ3v) is 2.46. The molecule has 90 valence electrons. The van der Waals surface area contributed by atoms with Crippen molar-refractivity contribution in [1.29, 1.82) is 0 Å². The Morgan fingerprint density at radius 1 is 1.59 bits per heavy atom. The second kappa shape index (κ2) is 4.42. The maximum atomic E-state index is 11.6. The predicted molar refractivity (Wildman–Crippen MR) is 63.7 cm³/mol. The van der Waals surface area contributed by atoms with Crippen LogP contribution in [0.5, 0.6) is 0 Å². The van der Waals surface area contributed by atoms with Gasteiger partial charge in [-0.25, -0.2) is 4.79 Å². The molecule has 1 heterocycles. The first-order chi connectivity index (χ1) is 8.10. The molecule has 0 bridgehead atoms. The molecule has 6 nitrogen and oxygen atoms in total. The number of rotatable bonds is 3. The number of aromatic nitrogens is 1. The lowest BCUT2D eigenvalue weighted by Gasteiger charge is -2.09. The van der Waals surface area contributed by atoms with E-state index in [2.05, 4.69) is 10.3 Å². The van der Waals surface area contributed by atoms with Gasteiger partial charge in [-0.2, -0.15) is 0 Å². The number of hydrogen-bond donors (Lipinski definition) is 3. The van der Waals surface area contributed by atoms with Crippen LogP contribution >= 0.6 is 0 Å². The van der Waals surface area contributed by atoms with Gasteiger partial charge in [0.2, 0.25) is 5.91 Å². The zero-order chi connectivity index (χ0) is 12.4. The molecule has 0 spiro atoms. The third-order valence-electron chi connectivity index (χ3n) is 2.46. The molecule has 0 unspecified atom stereocenters. The van der Waals surface area contributed by atoms with E-state index in [0.717, 1.165) is 0 Å². The fourth-order valence-electron chi connectivity index (χ4n) is 1.45. The average Bonchev–Trinajstić information content (AvgIpc) is 2.67. The number of fused-ring (bicyclic) bond motifs is 1. The summed E-state index contributed by atoms with van der Waals surface area (Å²) < 4.78 is 4.85. The van der Waals surface area contributed by atoms with E-state index in [1.165, 1.54) is 0 Å². The molecule has 1 atom stereocenters. The van der Waals surface area contributed by atoms with Gasteiger partial charge >= 0.3 is 5.76 Å². The fraction of sp³-hybridized carbons (Fsp3) is 0.273. The largest absolute Gasteiger partial charge is 0.417 e. The van der Waals surface area contributed by atoms with Gasteiger partial charge < -0.3 is 15.5 Å². The summed E-state index contributed by atoms with van der Waals surface area (Å²) in [7, 11) is 0. The molecule has 0 saturated carbocycles. The van der Waals surface area contributed by atoms with Crippen molar-refractivity contribution in [3.63, 3.8) is 0 Å². The number of benzene rings is 1. The standard InChI is InChI=1S/C11H13N3O3/c1-2-7(12)10(15)13-6-3-4-9-8(5-6)14-11(16)17-9/h3-5,7H,2,12H2,1H3,(H,13,15)(H,14,16)/t7-/m0/s1. The van der Waals surface area contributed by atoms with E-state index in [1.54, 1.807) is 18.2 Å². The van der Waals surface area contributed by atoms with Gasteiger partial charge in [0.1, 0.15) is 0 Å². The minimum atomic E-state index is -0.533. The minimum absolute atomic E-state index is 0.252. The number of anilines is 1. The summed E-state index contributed by atoms with van der Waals surface area (Å²) in [4.78, 5) is 25.0. The molecule has 0 aliphatic heterocycles. The van der Waals surface area contributed by atoms with Gasteiger partial charge in [-0.1, -0.05) is 6.92 Å². The van der Waals surface area contributed by atoms with E-state index in [4.69, 9.17) is 10.2 Å². The van der Waals surface area contributed by atoms with Gasteiger partial charge in [0, 0.05) is 5.69 Å². The van der Waals surface area contributed by atoms with E-state index in [-0.39, 0.29) is 5.91 Å². The highest BCUT2D eigenvalue weighted by atomic mass is 16.4. The van der Waals surface area contributed by atoms with Crippen molar-refractivity contribution in [1.82, 2.24) is 4.98 Å². The Kier molecular flexibility index (Phi) is 2.97. The smallest absolute Gasteiger partial charge is 0.408 e. The first kappa shape index (κ1) is 11.4. The SMILES string of the molecule is CC[C@H](N)C(=O)Nc1ccc2oc(=O)[nH]c2c1. The van der Waals surface area contributed by atoms with Gasteiger partial charge in [-0.15, -0.1) is 0 Å². The lowest BCUT2D eigenvalue weighted by molar-refractivity contribution is -0.117. The van der Waals surface area contributed by atoms with Crippen molar-refractivity contribution in [2.45, 2.75) is 19.4 Å². The minimum Gasteiger partial charge on any atom is -0.408 e. The maximum Gasteiger partial charge on any atom is 0.417 e. The van der Waals surface area contributed by atoms with Crippen molar-refractivity contribution in [3.05, 3.63) is 28.7 Å². The number of hydrogen-bond acceptors (Lipinski definition) is 4. The van der Waals surface area contributed by atoms with Crippen molar-refractivity contribution in [2.75, 3.05) is 5.32 Å². The summed E-state index contributed by atoms with van der Waals surface area (Å²) in [6.45, 7) is 1.83. The molecule has 2 aromatic rings. The maximum absolute atomic E-state index is 11.6. The van der Waals surface area contributed by atoms with Gasteiger partial charge in [-0.3, -0.25) is 9.78 Å². The normalized spacial score (nSPS) is 12.6. The van der Waals surface area contributed by atoms with E-state index in [9.17, 15) is 9.59 Å². The topological polar surface area (TPSA) is 101 Å². The predicted octanol–water partition coefficient (Wildman–Crippen LogP) is 0.797. The zero-order valence-electron chi connectivity index (χ0n) is 9.32. The molecule has 1 aromatic heterocycles. The summed E-state index contributed by atoms with van der Waals surface area (Å²) >= 11 is 0. The van der Waals surface area contributed by atoms with Crippen LogP contribution in [0.3, 0.4) is 0 Å². The first-order valence-corrected chi connectivity index (χ1v) is 5.29. The Balaban J connectivity index is 2.24. The van der Waals surface area contributed by atoms with Crippen molar-refractivity contribution in [3.8, 4) is 0 Å². The summed E-state index contributed by atoms with van der Waals surface area (Å²) in [5.74, 6) is -0.772. The summed E-state index contributed by atoms with van der Waals surface area (Å²) in [6, 6.07) is 4.36. The molecular formula is C11H13N3O3. The van der Waals surface area contributed by atoms with Crippen LogP contribution in [0.2, 0.25) is 0 Å². The Morgan fingerprint density at radius 2 is 2.35 bits per heavy atom. The monoisotopic (exact) mass is 235 g/mol. The molecule has 2 rings (SSSR count). The molecule has 6 heteroatoms. The van der Waals surface area contributed by atoms with Crippen molar-refractivity contribution >= 4 is 22.7 Å². The summed E-state index contributed by atoms with van der Waals surface area (Å²) in [5.41, 5.74) is 7.16. The summed E-state index contributed by atoms with van der Waals surface area (Å²) in [6.07, 6.45) is 0.566. The van der Waals surface area contributed by atoms with Gasteiger partial charge in [0.15, 0.2) is 5.58 Å². The molecule has 1 aromatic carbocycles. The number of nitrogens with one attached hydrogen (secondary N) is 2. The van der Waals surface area contributed by atoms with Crippen LogP contribution in [-0.2, 0) is 4.79 Å². The van der Waals surface area contributed by atoms with E-state index >= 15 is 0 Å². The third kappa shape index (κ3) is 2.36. The average molecular weight is 235 g/mol. The van der Waals surface area contributed by atoms with Crippen molar-refractivity contribution < 1.29 is 9.21 Å². The number of oxazole rings is 1. The lowest BCUT2D eigenvalue weighted by atomic mass is 10.2. The highest BCUT2D eigenvalue weighted by Gasteiger charge is 2.11. The van der Waals surface area contributed by atoms with Crippen LogP contribution in [0.25, 0.3) is 11.1 Å². The Bertz CT molecular complexity index is 599. The Morgan fingerprint density at radius 3 is 3.06 bits per heavy atom. The van der Waals surface area contributed by atoms with E-state index in [1.807, 2.05) is 6.92 Å². The number of nitrogens with two attached hydrogens (primary N) is 1. The molecule has 1 amide bonds. The second-order valence-electron chi connectivity index (χ2n) is 3.73. The van der Waals surface area contributed by atoms with Crippen LogP contribution in [0.15, 0.2) is 27.4 Å². The zero-order valence-corrected chi connectivity index (χ0v) is 9.32. The Hall–Kier alpha value is -2.08. The molecule has 4 N–H and O–H groups in total. The Labute approximate surface area is 96.8 Å². The van der Waals surface area contributed by atoms with Crippen LogP contribution in [-0.4, -0.2) is 16.9 Å². The fourth-order valence-corrected chi connectivity index (χ4v) is 1.45. The number of H-pyrrole nitrogens is 1. The number of carbonyl (C=O) groups excluding carboxylic acids is 1. The highest BCUT2D eigenvalue weighted by Crippen LogP contribution is 2.16. The molecule has 0 fully saturated rings. The molecule has 0 aliphatic carbocycles. The quantitative estimate of drug-likeness (QED) is 0.732. The second-order valence-corrected chi connectivity index (χ2v) is 3.73. The summed E-state index contributed by atoms with van der Waals surface area (Å²) in [5, 5.41) is 2.67. The van der Waals surface area contributed by atoms with Gasteiger partial charge in [-0.05, 0) is 24.6 Å². The van der Waals surface area contributed by atoms with Crippen LogP contribution in [0.4, 0.5) is 5.69 Å². The van der Waals surface area contributed by atoms with Crippen molar-refractivity contribution in [2.24, 2.45) is 5.73 Å². The van der Waals surface area contributed by atoms with Crippen LogP contribution in [0, 0.1) is 0 Å². The lowest BCUT2D eigenvalue weighted by Crippen LogP contribution is -2.34. The van der Waals surface area contributed by atoms with Gasteiger partial charge in [0.05, 0.1) is 11.6 Å². The number of amides is 1. The molecule has 0 radical (unpaired) electrons. The van der Waals surface area contributed by atoms with Crippen LogP contribution < -0.4 is 16.8 Å². The number of aromatic amines is 1. The van der Waals surface area contributed by atoms with Crippen LogP contribution in [0.1, 0.15) is 13.3 Å². The first-order valence-electron chi connectivity index (χ1n) is 5.29. The van der Waals surface area contributed by atoms with E-state index < -0.39 is 11.8 Å². The van der Waals surface area contributed by atoms with Gasteiger partial charge in [0.25, 0.3) is 0 Å². The number of carbonyl (C=O) groups is 1.